The van der Waals surface area contributed by atoms with Crippen LogP contribution in [0.5, 0.6) is 0 Å². The largest absolute Gasteiger partial charge is 0.383 e. The maximum Gasteiger partial charge on any atom is 0.249 e. The Kier molecular flexibility index (Phi) is 3.34. The standard InChI is InChI=1S/C8H12N4O2S/c1-3-5-12(4-2)15(13,14)7-6-10-11-8(7)9/h1,6H,4-5H2,2H3,(H3,9,10,11). The van der Waals surface area contributed by atoms with Crippen molar-refractivity contribution in [1.82, 2.24) is 14.5 Å². The Labute approximate surface area is 88.5 Å². The molecule has 0 spiro atoms. The fourth-order valence-corrected chi connectivity index (χ4v) is 2.47. The van der Waals surface area contributed by atoms with Crippen molar-refractivity contribution in [2.45, 2.75) is 11.8 Å². The van der Waals surface area contributed by atoms with Crippen LogP contribution in [0.3, 0.4) is 0 Å². The van der Waals surface area contributed by atoms with E-state index in [4.69, 9.17) is 12.2 Å². The molecule has 82 valence electrons. The van der Waals surface area contributed by atoms with Crippen LogP contribution in [0, 0.1) is 12.3 Å². The number of aromatic amines is 1. The second kappa shape index (κ2) is 4.33. The zero-order valence-electron chi connectivity index (χ0n) is 8.27. The van der Waals surface area contributed by atoms with E-state index in [0.717, 1.165) is 4.31 Å². The Morgan fingerprint density at radius 3 is 2.80 bits per heavy atom. The third kappa shape index (κ3) is 2.11. The third-order valence-corrected chi connectivity index (χ3v) is 3.82. The van der Waals surface area contributed by atoms with Crippen LogP contribution in [0.4, 0.5) is 5.82 Å². The Bertz CT molecular complexity index is 471. The molecule has 0 unspecified atom stereocenters. The minimum absolute atomic E-state index is 0.0173. The molecule has 0 atom stereocenters. The summed E-state index contributed by atoms with van der Waals surface area (Å²) in [7, 11) is -3.63. The number of nitrogen functional groups attached to an aromatic ring is 1. The number of aromatic nitrogens is 2. The van der Waals surface area contributed by atoms with Gasteiger partial charge in [0.2, 0.25) is 10.0 Å². The molecule has 0 radical (unpaired) electrons. The minimum atomic E-state index is -3.63. The zero-order chi connectivity index (χ0) is 11.5. The maximum atomic E-state index is 11.9. The summed E-state index contributed by atoms with van der Waals surface area (Å²) in [5, 5.41) is 5.92. The van der Waals surface area contributed by atoms with Gasteiger partial charge in [0.15, 0.2) is 0 Å². The van der Waals surface area contributed by atoms with Crippen LogP contribution >= 0.6 is 0 Å². The highest BCUT2D eigenvalue weighted by Crippen LogP contribution is 2.18. The Balaban J connectivity index is 3.13. The molecule has 6 nitrogen and oxygen atoms in total. The lowest BCUT2D eigenvalue weighted by Gasteiger charge is -2.16. The number of nitrogens with two attached hydrogens (primary N) is 1. The molecule has 0 saturated heterocycles. The minimum Gasteiger partial charge on any atom is -0.383 e. The van der Waals surface area contributed by atoms with Gasteiger partial charge in [-0.3, -0.25) is 5.10 Å². The highest BCUT2D eigenvalue weighted by Gasteiger charge is 2.25. The van der Waals surface area contributed by atoms with Crippen LogP contribution in [0.1, 0.15) is 6.92 Å². The number of hydrogen-bond acceptors (Lipinski definition) is 4. The van der Waals surface area contributed by atoms with E-state index in [1.54, 1.807) is 6.92 Å². The van der Waals surface area contributed by atoms with Gasteiger partial charge in [0.25, 0.3) is 0 Å². The molecule has 0 aliphatic carbocycles. The molecule has 1 aromatic heterocycles. The van der Waals surface area contributed by atoms with Crippen LogP contribution in [-0.2, 0) is 10.0 Å². The van der Waals surface area contributed by atoms with E-state index in [1.165, 1.54) is 6.20 Å². The fraction of sp³-hybridized carbons (Fsp3) is 0.375. The predicted octanol–water partition coefficient (Wildman–Crippen LogP) is -0.364. The summed E-state index contributed by atoms with van der Waals surface area (Å²) in [6.45, 7) is 2.01. The monoisotopic (exact) mass is 228 g/mol. The normalized spacial score (nSPS) is 11.5. The molecule has 0 amide bonds. The molecule has 1 rings (SSSR count). The number of rotatable bonds is 4. The summed E-state index contributed by atoms with van der Waals surface area (Å²) >= 11 is 0. The topological polar surface area (TPSA) is 92.1 Å². The molecule has 0 aliphatic rings. The molecule has 0 saturated carbocycles. The van der Waals surface area contributed by atoms with Crippen LogP contribution < -0.4 is 5.73 Å². The Morgan fingerprint density at radius 1 is 1.73 bits per heavy atom. The molecule has 1 heterocycles. The van der Waals surface area contributed by atoms with Crippen molar-refractivity contribution < 1.29 is 8.42 Å². The summed E-state index contributed by atoms with van der Waals surface area (Å²) in [5.74, 6) is 2.30. The predicted molar refractivity (Wildman–Crippen MR) is 56.3 cm³/mol. The number of terminal acetylenes is 1. The second-order valence-corrected chi connectivity index (χ2v) is 4.69. The molecule has 0 fully saturated rings. The summed E-state index contributed by atoms with van der Waals surface area (Å²) in [5.41, 5.74) is 5.44. The lowest BCUT2D eigenvalue weighted by Crippen LogP contribution is -2.31. The van der Waals surface area contributed by atoms with Crippen molar-refractivity contribution in [1.29, 1.82) is 0 Å². The molecular weight excluding hydrogens is 216 g/mol. The average Bonchev–Trinajstić information content (AvgIpc) is 2.61. The summed E-state index contributed by atoms with van der Waals surface area (Å²) in [6, 6.07) is 0. The van der Waals surface area contributed by atoms with Gasteiger partial charge in [-0.1, -0.05) is 12.8 Å². The third-order valence-electron chi connectivity index (χ3n) is 1.87. The van der Waals surface area contributed by atoms with Gasteiger partial charge in [0.05, 0.1) is 12.7 Å². The Morgan fingerprint density at radius 2 is 2.40 bits per heavy atom. The molecule has 0 bridgehead atoms. The van der Waals surface area contributed by atoms with Gasteiger partial charge in [-0.2, -0.15) is 9.40 Å². The van der Waals surface area contributed by atoms with E-state index in [1.807, 2.05) is 0 Å². The van der Waals surface area contributed by atoms with Crippen molar-refractivity contribution in [3.63, 3.8) is 0 Å². The first-order valence-corrected chi connectivity index (χ1v) is 5.70. The van der Waals surface area contributed by atoms with Gasteiger partial charge < -0.3 is 5.73 Å². The van der Waals surface area contributed by atoms with Crippen molar-refractivity contribution in [2.75, 3.05) is 18.8 Å². The highest BCUT2D eigenvalue weighted by atomic mass is 32.2. The lowest BCUT2D eigenvalue weighted by molar-refractivity contribution is 0.464. The molecule has 7 heteroatoms. The van der Waals surface area contributed by atoms with Gasteiger partial charge in [-0.15, -0.1) is 6.42 Å². The van der Waals surface area contributed by atoms with Gasteiger partial charge in [-0.05, 0) is 0 Å². The number of H-pyrrole nitrogens is 1. The number of sulfonamides is 1. The van der Waals surface area contributed by atoms with Crippen molar-refractivity contribution in [3.8, 4) is 12.3 Å². The van der Waals surface area contributed by atoms with Crippen LogP contribution in [0.15, 0.2) is 11.1 Å². The second-order valence-electron chi connectivity index (χ2n) is 2.78. The van der Waals surface area contributed by atoms with E-state index in [-0.39, 0.29) is 23.8 Å². The molecular formula is C8H12N4O2S. The van der Waals surface area contributed by atoms with E-state index in [9.17, 15) is 8.42 Å². The number of nitrogens with one attached hydrogen (secondary N) is 1. The summed E-state index contributed by atoms with van der Waals surface area (Å²) in [6.07, 6.45) is 6.25. The SMILES string of the molecule is C#CCN(CC)S(=O)(=O)c1cn[nH]c1N. The van der Waals surface area contributed by atoms with Crippen LogP contribution in [-0.4, -0.2) is 36.0 Å². The van der Waals surface area contributed by atoms with Gasteiger partial charge in [0, 0.05) is 6.54 Å². The highest BCUT2D eigenvalue weighted by molar-refractivity contribution is 7.89. The van der Waals surface area contributed by atoms with E-state index in [2.05, 4.69) is 16.1 Å². The van der Waals surface area contributed by atoms with Crippen molar-refractivity contribution in [3.05, 3.63) is 6.20 Å². The Hall–Kier alpha value is -1.52. The number of anilines is 1. The van der Waals surface area contributed by atoms with E-state index < -0.39 is 10.0 Å². The summed E-state index contributed by atoms with van der Waals surface area (Å²) < 4.78 is 25.0. The maximum absolute atomic E-state index is 11.9. The van der Waals surface area contributed by atoms with E-state index >= 15 is 0 Å². The van der Waals surface area contributed by atoms with Gasteiger partial charge in [-0.25, -0.2) is 8.42 Å². The first kappa shape index (κ1) is 11.6. The molecule has 15 heavy (non-hydrogen) atoms. The van der Waals surface area contributed by atoms with Crippen LogP contribution in [0.2, 0.25) is 0 Å². The number of hydrogen-bond donors (Lipinski definition) is 2. The average molecular weight is 228 g/mol. The van der Waals surface area contributed by atoms with E-state index in [0.29, 0.717) is 0 Å². The smallest absolute Gasteiger partial charge is 0.249 e. The quantitative estimate of drug-likeness (QED) is 0.688. The number of nitrogens with zero attached hydrogens (tertiary/aromatic N) is 2. The first-order chi connectivity index (χ1) is 7.04. The van der Waals surface area contributed by atoms with Gasteiger partial charge >= 0.3 is 0 Å². The molecule has 0 aliphatic heterocycles. The van der Waals surface area contributed by atoms with Crippen LogP contribution in [0.25, 0.3) is 0 Å². The zero-order valence-corrected chi connectivity index (χ0v) is 9.08. The van der Waals surface area contributed by atoms with Crippen molar-refractivity contribution >= 4 is 15.8 Å². The van der Waals surface area contributed by atoms with Gasteiger partial charge in [0.1, 0.15) is 10.7 Å². The first-order valence-electron chi connectivity index (χ1n) is 4.26. The molecule has 1 aromatic rings. The summed E-state index contributed by atoms with van der Waals surface area (Å²) in [4.78, 5) is -0.0420. The fourth-order valence-electron chi connectivity index (χ4n) is 1.10. The molecule has 3 N–H and O–H groups in total. The lowest BCUT2D eigenvalue weighted by atomic mass is 10.6. The van der Waals surface area contributed by atoms with Crippen molar-refractivity contribution in [2.24, 2.45) is 0 Å². The molecule has 0 aromatic carbocycles.